The van der Waals surface area contributed by atoms with E-state index in [1.165, 1.54) is 47.6 Å². The van der Waals surface area contributed by atoms with Gasteiger partial charge in [0.1, 0.15) is 29.7 Å². The highest BCUT2D eigenvalue weighted by molar-refractivity contribution is 8.08. The van der Waals surface area contributed by atoms with Gasteiger partial charge in [0, 0.05) is 144 Å². The molecule has 0 saturated heterocycles. The van der Waals surface area contributed by atoms with Gasteiger partial charge in [-0.2, -0.15) is 35.1 Å². The van der Waals surface area contributed by atoms with E-state index in [9.17, 15) is 133 Å². The van der Waals surface area contributed by atoms with Crippen molar-refractivity contribution in [1.29, 1.82) is 0 Å². The van der Waals surface area contributed by atoms with Crippen molar-refractivity contribution in [2.24, 2.45) is 0 Å². The van der Waals surface area contributed by atoms with E-state index >= 15 is 0 Å². The lowest BCUT2D eigenvalue weighted by atomic mass is 10.0. The molecule has 0 N–H and O–H groups in total. The molecule has 18 nitrogen and oxygen atoms in total. The molecule has 1 aromatic heterocycles. The Morgan fingerprint density at radius 2 is 0.719 bits per heavy atom. The van der Waals surface area contributed by atoms with Crippen LogP contribution in [0.5, 0.6) is 23.0 Å². The van der Waals surface area contributed by atoms with Gasteiger partial charge in [0.05, 0.1) is 26.4 Å². The molecule has 1 atom stereocenters. The van der Waals surface area contributed by atoms with E-state index in [1.54, 1.807) is 0 Å². The van der Waals surface area contributed by atoms with E-state index in [0.717, 1.165) is 50.5 Å². The van der Waals surface area contributed by atoms with Crippen LogP contribution in [0.2, 0.25) is 0 Å². The van der Waals surface area contributed by atoms with Crippen molar-refractivity contribution in [1.82, 2.24) is 0 Å². The topological polar surface area (TPSA) is 237 Å². The first-order valence-corrected chi connectivity index (χ1v) is 62.5. The number of aryl methyl sites for hydroxylation is 2. The largest absolute Gasteiger partial charge is 0.428 e. The molecule has 706 valence electrons. The monoisotopic (exact) mass is 2330 g/mol. The Bertz CT molecular complexity index is 4340. The molecule has 0 saturated carbocycles. The lowest BCUT2D eigenvalue weighted by Crippen LogP contribution is -2.52. The first kappa shape index (κ1) is 129. The van der Waals surface area contributed by atoms with Gasteiger partial charge in [-0.1, -0.05) is 26.7 Å². The summed E-state index contributed by atoms with van der Waals surface area (Å²) in [6, 6.07) is 12.7. The third kappa shape index (κ3) is 71.7. The van der Waals surface area contributed by atoms with Crippen LogP contribution in [0.4, 0.5) is 92.2 Å². The van der Waals surface area contributed by atoms with Crippen LogP contribution < -0.4 is 18.1 Å². The zero-order valence-corrected chi connectivity index (χ0v) is 82.6. The van der Waals surface area contributed by atoms with E-state index in [1.807, 2.05) is 18.3 Å². The number of rotatable bonds is 35. The molecule has 5 rings (SSSR count). The van der Waals surface area contributed by atoms with E-state index in [2.05, 4.69) is 55.2 Å². The molecule has 0 bridgehead atoms. The van der Waals surface area contributed by atoms with Crippen LogP contribution in [-0.4, -0.2) is 68.8 Å². The van der Waals surface area contributed by atoms with E-state index in [-0.39, 0.29) is 43.9 Å². The molecule has 0 spiro atoms. The Morgan fingerprint density at radius 1 is 0.364 bits per heavy atom. The predicted molar refractivity (Wildman–Crippen MR) is 438 cm³/mol. The molecular weight excluding hydrogens is 2280 g/mol. The lowest BCUT2D eigenvalue weighted by Gasteiger charge is -2.30. The highest BCUT2D eigenvalue weighted by atomic mass is 35.9. The first-order valence-electron chi connectivity index (χ1n) is 30.7. The summed E-state index contributed by atoms with van der Waals surface area (Å²) < 4.78 is 396. The van der Waals surface area contributed by atoms with E-state index in [4.69, 9.17) is 207 Å². The SMILES string of the molecule is CC(F)(F)C(F)(F)C(F)(F)CCOP(=O)(Cl)Cl.CC(F)(F)CCCOP(=O)(Cl)Cl.CC(F)C(F)(F)COP(=O)(Cl)Cl.CCCCCc1ccc(CCCOP(=O)(Cl)Cl)s1.CCCOP(=O)(Cl)Cl.O=P(Cl)(Cl)Oc1c(F)c(F)cc(F)c1F.O=P(Cl)(Cl)Oc1cc(F)c(F)c(F)c1.O=P(Cl)(Cl)Oc1ccc(F)c(F)c1.O=P(Cl)(Cl)Oc1ccc(F)cc1. The van der Waals surface area contributed by atoms with Crippen LogP contribution in [0.15, 0.2) is 72.8 Å². The van der Waals surface area contributed by atoms with Gasteiger partial charge in [-0.05, 0) is 213 Å². The minimum Gasteiger partial charge on any atom is -0.422 e. The van der Waals surface area contributed by atoms with Gasteiger partial charge in [0.15, 0.2) is 46.9 Å². The maximum absolute atomic E-state index is 12.8. The summed E-state index contributed by atoms with van der Waals surface area (Å²) in [6.45, 7) is 3.14. The second kappa shape index (κ2) is 58.5. The fourth-order valence-corrected chi connectivity index (χ4v) is 14.2. The van der Waals surface area contributed by atoms with Gasteiger partial charge in [-0.25, -0.2) is 75.3 Å². The van der Waals surface area contributed by atoms with E-state index in [0.29, 0.717) is 38.3 Å². The lowest BCUT2D eigenvalue weighted by molar-refractivity contribution is -0.305. The van der Waals surface area contributed by atoms with Gasteiger partial charge in [0.2, 0.25) is 23.3 Å². The number of halogens is 39. The summed E-state index contributed by atoms with van der Waals surface area (Å²) in [6.07, 6.45) is -31.0. The minimum atomic E-state index is -5.56. The number of benzene rings is 4. The van der Waals surface area contributed by atoms with Crippen molar-refractivity contribution in [2.45, 2.75) is 135 Å². The average Bonchev–Trinajstić information content (AvgIpc) is 0.895. The smallest absolute Gasteiger partial charge is 0.422 e. The highest BCUT2D eigenvalue weighted by Gasteiger charge is 2.68. The second-order valence-corrected chi connectivity index (χ2v) is 61.1. The van der Waals surface area contributed by atoms with Crippen molar-refractivity contribution >= 4 is 268 Å². The molecule has 0 fully saturated rings. The fourth-order valence-electron chi connectivity index (χ4n) is 6.16. The Kier molecular flexibility index (Phi) is 62.2. The molecule has 121 heavy (non-hydrogen) atoms. The van der Waals surface area contributed by atoms with Crippen molar-refractivity contribution in [3.8, 4) is 23.0 Å². The number of unbranched alkanes of at least 4 members (excludes halogenated alkanes) is 2. The maximum atomic E-state index is 12.8. The summed E-state index contributed by atoms with van der Waals surface area (Å²) in [4.78, 5) is 2.78. The maximum Gasteiger partial charge on any atom is 0.428 e. The molecule has 0 aliphatic rings. The highest BCUT2D eigenvalue weighted by Crippen LogP contribution is 2.63. The van der Waals surface area contributed by atoms with Gasteiger partial charge in [-0.3, -0.25) is 27.3 Å². The Hall–Kier alpha value is 1.40. The van der Waals surface area contributed by atoms with Crippen LogP contribution >= 0.6 is 268 Å². The van der Waals surface area contributed by atoms with Gasteiger partial charge < -0.3 is 36.2 Å². The standard InChI is InChI=1S/C12H19Cl2O2PS.C6H7Cl2F6O2P.C6HCl2F4O2P.C6H2Cl2F3O2P.C6H3Cl2F2O2P.C6H4Cl2FO2P.C5H9Cl2F2O2P.C4H6Cl2F3O2P.C3H7Cl2O2P/c1-2-3-4-6-11-8-9-12(18-11)7-5-10-16-17(13,14)15;1-4(9,10)6(13,14)5(11,12)2-3-16-17(7,8)15;7-15(8,13)14-6-4(11)2(9)1-3(10)5(6)12;7-14(8,12)13-3-1-4(9)6(11)5(10)2-3;7-13(8,11)12-4-1-2-5(9)6(10)3-4;7-12(8,10)11-6-3-1-5(9)2-4-6;1-5(8,9)3-2-4-11-12(6,7)10;1-3(7)4(8,9)2-11-12(5,6)10;1-2-3-7-8(4,5)6/h8-9H,2-7,10H2,1H3;2-3H2,1H3;1H;1-2H;1-3H;1-4H;2-4H2,1H3;3H,2H2,1H3;2-3H2,1H3. The van der Waals surface area contributed by atoms with Gasteiger partial charge in [-0.15, -0.1) is 11.3 Å². The first-order chi connectivity index (χ1) is 54.0. The normalized spacial score (nSPS) is 12.7. The van der Waals surface area contributed by atoms with Crippen molar-refractivity contribution in [3.63, 3.8) is 0 Å². The summed E-state index contributed by atoms with van der Waals surface area (Å²) in [7, 11) is 0. The summed E-state index contributed by atoms with van der Waals surface area (Å²) in [5.41, 5.74) is 0. The predicted octanol–water partition coefficient (Wildman–Crippen LogP) is 37.5. The molecule has 0 radical (unpaired) electrons. The summed E-state index contributed by atoms with van der Waals surface area (Å²) >= 11 is 91.5. The summed E-state index contributed by atoms with van der Waals surface area (Å²) in [5.74, 6) is -38.5. The number of hydrogen-bond donors (Lipinski definition) is 0. The number of thiophene rings is 1. The third-order valence-corrected chi connectivity index (χ3v) is 21.0. The second-order valence-electron chi connectivity index (χ2n) is 21.6. The molecule has 0 aliphatic carbocycles. The van der Waals surface area contributed by atoms with Crippen molar-refractivity contribution in [2.75, 3.05) is 33.0 Å². The Balaban J connectivity index is -0.000000641. The molecule has 1 heterocycles. The van der Waals surface area contributed by atoms with Crippen LogP contribution in [0.25, 0.3) is 0 Å². The molecule has 67 heteroatoms. The van der Waals surface area contributed by atoms with Crippen LogP contribution in [0.3, 0.4) is 0 Å². The van der Waals surface area contributed by atoms with Crippen LogP contribution in [0, 0.1) is 58.2 Å². The number of alkyl halides is 11. The van der Waals surface area contributed by atoms with Crippen molar-refractivity contribution in [3.05, 3.63) is 141 Å². The van der Waals surface area contributed by atoms with Crippen LogP contribution in [0.1, 0.15) is 95.7 Å². The fraction of sp³-hybridized carbons (Fsp3) is 0.481. The van der Waals surface area contributed by atoms with Gasteiger partial charge >= 0.3 is 78.4 Å². The van der Waals surface area contributed by atoms with Gasteiger partial charge in [0.25, 0.3) is 0 Å². The zero-order chi connectivity index (χ0) is 96.0. The Labute approximate surface area is 766 Å². The molecular formula is C54H58Cl18F21O18P9S. The molecule has 4 aromatic carbocycles. The average molecular weight is 2340 g/mol. The summed E-state index contributed by atoms with van der Waals surface area (Å²) in [5, 5.41) is 0. The van der Waals surface area contributed by atoms with E-state index < -0.39 is 180 Å². The minimum absolute atomic E-state index is 0.0368. The molecule has 0 aliphatic heterocycles. The third-order valence-electron chi connectivity index (χ3n) is 11.2. The molecule has 1 unspecified atom stereocenters. The van der Waals surface area contributed by atoms with Crippen molar-refractivity contribution < 1.29 is 174 Å². The quantitative estimate of drug-likeness (QED) is 0.0120. The zero-order valence-electron chi connectivity index (χ0n) is 60.1. The van der Waals surface area contributed by atoms with Crippen LogP contribution in [-0.2, 0) is 76.5 Å². The molecule has 5 aromatic rings. The molecule has 0 amide bonds. The number of hydrogen-bond acceptors (Lipinski definition) is 19. The Morgan fingerprint density at radius 3 is 1.07 bits per heavy atom.